The van der Waals surface area contributed by atoms with Crippen LogP contribution < -0.4 is 0 Å². The minimum Gasteiger partial charge on any atom is -0.408 e. The van der Waals surface area contributed by atoms with Crippen LogP contribution in [-0.4, -0.2) is 25.8 Å². The van der Waals surface area contributed by atoms with Crippen molar-refractivity contribution in [2.24, 2.45) is 0 Å². The van der Waals surface area contributed by atoms with Gasteiger partial charge in [-0.25, -0.2) is 0 Å². The molecule has 2 aromatic rings. The number of benzene rings is 1. The molecule has 0 aliphatic heterocycles. The molecule has 0 aliphatic rings. The third-order valence-corrected chi connectivity index (χ3v) is 9.43. The van der Waals surface area contributed by atoms with Gasteiger partial charge in [-0.05, 0) is 102 Å². The summed E-state index contributed by atoms with van der Waals surface area (Å²) in [6, 6.07) is 9.08. The number of aldehydes is 1. The van der Waals surface area contributed by atoms with E-state index in [1.807, 2.05) is 0 Å². The number of carbonyl (C=O) groups excluding carboxylic acids is 1. The first-order valence-corrected chi connectivity index (χ1v) is 15.9. The lowest BCUT2D eigenvalue weighted by atomic mass is 9.84. The zero-order valence-corrected chi connectivity index (χ0v) is 27.6. The van der Waals surface area contributed by atoms with Gasteiger partial charge in [-0.1, -0.05) is 66.7 Å². The van der Waals surface area contributed by atoms with Crippen molar-refractivity contribution in [2.75, 3.05) is 0 Å². The molecule has 1 aromatic carbocycles. The molecule has 0 saturated heterocycles. The van der Waals surface area contributed by atoms with Crippen LogP contribution in [0.15, 0.2) is 35.7 Å². The van der Waals surface area contributed by atoms with Gasteiger partial charge in [0.2, 0.25) is 19.5 Å². The monoisotopic (exact) mass is 554 g/mol. The van der Waals surface area contributed by atoms with Crippen LogP contribution in [0, 0.1) is 0 Å². The Morgan fingerprint density at radius 1 is 0.811 bits per heavy atom. The van der Waals surface area contributed by atoms with E-state index in [1.165, 1.54) is 27.1 Å². The molecule has 6 heteroatoms. The lowest BCUT2D eigenvalue weighted by Crippen LogP contribution is -2.34. The molecule has 202 valence electrons. The zero-order chi connectivity index (χ0) is 28.1. The highest BCUT2D eigenvalue weighted by Gasteiger charge is 2.34. The maximum absolute atomic E-state index is 11.0. The summed E-state index contributed by atoms with van der Waals surface area (Å²) in [4.78, 5) is 12.2. The molecule has 4 radical (unpaired) electrons. The van der Waals surface area contributed by atoms with E-state index in [4.69, 9.17) is 8.85 Å². The summed E-state index contributed by atoms with van der Waals surface area (Å²) in [6.07, 6.45) is 5.35. The number of aryl methyl sites for hydroxylation is 2. The molecule has 0 fully saturated rings. The molecule has 1 heterocycles. The molecule has 0 unspecified atom stereocenters. The Labute approximate surface area is 235 Å². The number of thiophene rings is 1. The number of rotatable bonds is 12. The second kappa shape index (κ2) is 12.7. The molecular formula is C31H46O3SSi2. The maximum Gasteiger partial charge on any atom is 0.236 e. The fourth-order valence-corrected chi connectivity index (χ4v) is 6.25. The van der Waals surface area contributed by atoms with Crippen LogP contribution in [-0.2, 0) is 37.7 Å². The highest BCUT2D eigenvalue weighted by atomic mass is 32.1. The van der Waals surface area contributed by atoms with Crippen LogP contribution >= 0.6 is 11.3 Å². The second-order valence-electron chi connectivity index (χ2n) is 12.8. The molecule has 0 spiro atoms. The van der Waals surface area contributed by atoms with Gasteiger partial charge in [0.15, 0.2) is 0 Å². The van der Waals surface area contributed by atoms with E-state index in [-0.39, 0.29) is 10.1 Å². The quantitative estimate of drug-likeness (QED) is 0.149. The van der Waals surface area contributed by atoms with Crippen molar-refractivity contribution in [1.82, 2.24) is 0 Å². The summed E-state index contributed by atoms with van der Waals surface area (Å²) in [5.74, 6) is 0. The standard InChI is InChI=1S/C31H46O3SSi2/c1-12-24(17-18-32)27-20-23(21-35-27)14-13-22-15-16-25(30(8,9)33-36-28(2,3)4)26(19-22)31(10,11)34-37-29(5,6)7/h15-21H,12-14H2,1-11H3. The lowest BCUT2D eigenvalue weighted by molar-refractivity contribution is -0.104. The van der Waals surface area contributed by atoms with Crippen molar-refractivity contribution in [3.05, 3.63) is 62.9 Å². The van der Waals surface area contributed by atoms with Crippen LogP contribution in [0.2, 0.25) is 10.1 Å². The fourth-order valence-electron chi connectivity index (χ4n) is 3.86. The average Bonchev–Trinajstić information content (AvgIpc) is 3.26. The van der Waals surface area contributed by atoms with Crippen LogP contribution in [0.3, 0.4) is 0 Å². The molecule has 0 aliphatic carbocycles. The Morgan fingerprint density at radius 3 is 1.86 bits per heavy atom. The van der Waals surface area contributed by atoms with Crippen molar-refractivity contribution in [1.29, 1.82) is 0 Å². The molecule has 1 aromatic heterocycles. The van der Waals surface area contributed by atoms with Gasteiger partial charge < -0.3 is 8.85 Å². The Bertz CT molecular complexity index is 1070. The van der Waals surface area contributed by atoms with Crippen LogP contribution in [0.4, 0.5) is 0 Å². The van der Waals surface area contributed by atoms with Crippen LogP contribution in [0.25, 0.3) is 5.57 Å². The van der Waals surface area contributed by atoms with Gasteiger partial charge >= 0.3 is 0 Å². The molecular weight excluding hydrogens is 509 g/mol. The predicted octanol–water partition coefficient (Wildman–Crippen LogP) is 8.70. The smallest absolute Gasteiger partial charge is 0.236 e. The Balaban J connectivity index is 2.36. The first kappa shape index (κ1) is 31.9. The molecule has 2 rings (SSSR count). The van der Waals surface area contributed by atoms with Crippen molar-refractivity contribution >= 4 is 42.7 Å². The minimum atomic E-state index is -0.437. The number of hydrogen-bond donors (Lipinski definition) is 0. The summed E-state index contributed by atoms with van der Waals surface area (Å²) in [5.41, 5.74) is 5.27. The molecule has 3 nitrogen and oxygen atoms in total. The largest absolute Gasteiger partial charge is 0.408 e. The van der Waals surface area contributed by atoms with E-state index in [9.17, 15) is 4.79 Å². The van der Waals surface area contributed by atoms with Crippen molar-refractivity contribution in [3.63, 3.8) is 0 Å². The topological polar surface area (TPSA) is 35.5 Å². The fraction of sp³-hybridized carbons (Fsp3) is 0.581. The van der Waals surface area contributed by atoms with Gasteiger partial charge in [0, 0.05) is 4.88 Å². The van der Waals surface area contributed by atoms with Gasteiger partial charge in [0.05, 0.1) is 11.2 Å². The van der Waals surface area contributed by atoms with Crippen molar-refractivity contribution < 1.29 is 13.6 Å². The van der Waals surface area contributed by atoms with Gasteiger partial charge in [0.1, 0.15) is 6.29 Å². The minimum absolute atomic E-state index is 0.112. The van der Waals surface area contributed by atoms with E-state index < -0.39 is 11.2 Å². The normalized spacial score (nSPS) is 13.8. The van der Waals surface area contributed by atoms with Gasteiger partial charge in [-0.2, -0.15) is 0 Å². The third kappa shape index (κ3) is 10.1. The predicted molar refractivity (Wildman–Crippen MR) is 162 cm³/mol. The van der Waals surface area contributed by atoms with Gasteiger partial charge in [-0.3, -0.25) is 4.79 Å². The first-order valence-electron chi connectivity index (χ1n) is 13.2. The lowest BCUT2D eigenvalue weighted by Gasteiger charge is -2.37. The zero-order valence-electron chi connectivity index (χ0n) is 24.8. The number of carbonyl (C=O) groups is 1. The van der Waals surface area contributed by atoms with Crippen molar-refractivity contribution in [2.45, 2.75) is 117 Å². The van der Waals surface area contributed by atoms with E-state index in [2.05, 4.69) is 106 Å². The number of hydrogen-bond acceptors (Lipinski definition) is 4. The Hall–Kier alpha value is -1.32. The molecule has 0 atom stereocenters. The van der Waals surface area contributed by atoms with Crippen molar-refractivity contribution in [3.8, 4) is 0 Å². The average molecular weight is 555 g/mol. The Morgan fingerprint density at radius 2 is 1.35 bits per heavy atom. The molecule has 0 N–H and O–H groups in total. The summed E-state index contributed by atoms with van der Waals surface area (Å²) >= 11 is 1.72. The maximum atomic E-state index is 11.0. The summed E-state index contributed by atoms with van der Waals surface area (Å²) < 4.78 is 13.1. The summed E-state index contributed by atoms with van der Waals surface area (Å²) in [7, 11) is 0.801. The molecule has 0 saturated carbocycles. The summed E-state index contributed by atoms with van der Waals surface area (Å²) in [5, 5.41) is 2.46. The van der Waals surface area contributed by atoms with Crippen LogP contribution in [0.1, 0.15) is 110 Å². The molecule has 37 heavy (non-hydrogen) atoms. The second-order valence-corrected chi connectivity index (χ2v) is 17.5. The first-order chi connectivity index (χ1) is 17.0. The van der Waals surface area contributed by atoms with Crippen LogP contribution in [0.5, 0.6) is 0 Å². The highest BCUT2D eigenvalue weighted by molar-refractivity contribution is 7.11. The van der Waals surface area contributed by atoms with Gasteiger partial charge in [-0.15, -0.1) is 11.3 Å². The van der Waals surface area contributed by atoms with Gasteiger partial charge in [0.25, 0.3) is 0 Å². The Kier molecular flexibility index (Phi) is 10.9. The third-order valence-electron chi connectivity index (χ3n) is 5.93. The molecule has 0 amide bonds. The van der Waals surface area contributed by atoms with E-state index in [0.29, 0.717) is 19.5 Å². The van der Waals surface area contributed by atoms with E-state index in [0.717, 1.165) is 31.1 Å². The van der Waals surface area contributed by atoms with E-state index in [1.54, 1.807) is 17.4 Å². The summed E-state index contributed by atoms with van der Waals surface area (Å²) in [6.45, 7) is 24.1. The highest BCUT2D eigenvalue weighted by Crippen LogP contribution is 2.39. The number of allylic oxidation sites excluding steroid dienone is 2. The SMILES string of the molecule is CCC(=CC=O)c1cc(CCc2ccc(C(C)(C)O[Si]C(C)(C)C)c(C(C)(C)O[Si]C(C)(C)C)c2)cs1. The molecule has 0 bridgehead atoms. The van der Waals surface area contributed by atoms with E-state index >= 15 is 0 Å².